The second-order valence-corrected chi connectivity index (χ2v) is 2.94. The zero-order valence-electron chi connectivity index (χ0n) is 6.62. The van der Waals surface area contributed by atoms with Crippen molar-refractivity contribution < 1.29 is 19.5 Å². The summed E-state index contributed by atoms with van der Waals surface area (Å²) in [6.07, 6.45) is -1.43. The number of amides is 4. The van der Waals surface area contributed by atoms with Gasteiger partial charge in [0.2, 0.25) is 0 Å². The molecule has 1 aliphatic rings. The molecule has 0 radical (unpaired) electrons. The molecule has 0 unspecified atom stereocenters. The van der Waals surface area contributed by atoms with E-state index in [9.17, 15) is 14.4 Å². The van der Waals surface area contributed by atoms with E-state index in [1.807, 2.05) is 5.32 Å². The fraction of sp³-hybridized carbons (Fsp3) is 0.500. The SMILES string of the molecule is CC1(C)C(=O)NC(=O)N1C(=O)O. The second kappa shape index (κ2) is 2.20. The first-order chi connectivity index (χ1) is 5.37. The fourth-order valence-electron chi connectivity index (χ4n) is 0.987. The molecule has 1 heterocycles. The van der Waals surface area contributed by atoms with Crippen molar-refractivity contribution >= 4 is 18.0 Å². The van der Waals surface area contributed by atoms with E-state index in [0.717, 1.165) is 0 Å². The summed E-state index contributed by atoms with van der Waals surface area (Å²) < 4.78 is 0. The Kier molecular flexibility index (Phi) is 1.56. The molecular formula is C6H8N2O4. The number of hydrogen-bond donors (Lipinski definition) is 2. The van der Waals surface area contributed by atoms with Crippen molar-refractivity contribution in [3.63, 3.8) is 0 Å². The lowest BCUT2D eigenvalue weighted by atomic mass is 10.1. The van der Waals surface area contributed by atoms with Crippen molar-refractivity contribution in [1.29, 1.82) is 0 Å². The standard InChI is InChI=1S/C6H8N2O4/c1-6(2)3(9)7-4(10)8(6)5(11)12/h1-2H3,(H,11,12)(H,7,9,10). The van der Waals surface area contributed by atoms with Crippen molar-refractivity contribution in [3.8, 4) is 0 Å². The van der Waals surface area contributed by atoms with Crippen molar-refractivity contribution in [2.24, 2.45) is 0 Å². The van der Waals surface area contributed by atoms with Crippen LogP contribution in [0.5, 0.6) is 0 Å². The van der Waals surface area contributed by atoms with E-state index in [1.165, 1.54) is 13.8 Å². The van der Waals surface area contributed by atoms with Crippen molar-refractivity contribution in [2.75, 3.05) is 0 Å². The van der Waals surface area contributed by atoms with Crippen LogP contribution in [0.3, 0.4) is 0 Å². The van der Waals surface area contributed by atoms with E-state index >= 15 is 0 Å². The Balaban J connectivity index is 3.07. The molecular weight excluding hydrogens is 164 g/mol. The summed E-state index contributed by atoms with van der Waals surface area (Å²) >= 11 is 0. The molecule has 0 aromatic carbocycles. The Morgan fingerprint density at radius 2 is 2.00 bits per heavy atom. The van der Waals surface area contributed by atoms with E-state index in [2.05, 4.69) is 0 Å². The van der Waals surface area contributed by atoms with Gasteiger partial charge in [0.05, 0.1) is 0 Å². The van der Waals surface area contributed by atoms with Gasteiger partial charge in [-0.3, -0.25) is 10.1 Å². The summed E-state index contributed by atoms with van der Waals surface area (Å²) in [5.41, 5.74) is -1.30. The molecule has 0 aromatic heterocycles. The normalized spacial score (nSPS) is 21.0. The summed E-state index contributed by atoms with van der Waals surface area (Å²) in [7, 11) is 0. The molecule has 1 saturated heterocycles. The largest absolute Gasteiger partial charge is 0.465 e. The number of carbonyl (C=O) groups is 3. The van der Waals surface area contributed by atoms with Gasteiger partial charge in [-0.15, -0.1) is 0 Å². The van der Waals surface area contributed by atoms with Crippen LogP contribution in [0.25, 0.3) is 0 Å². The molecule has 1 fully saturated rings. The van der Waals surface area contributed by atoms with Gasteiger partial charge in [-0.25, -0.2) is 14.5 Å². The number of carboxylic acid groups (broad SMARTS) is 1. The number of nitrogens with one attached hydrogen (secondary N) is 1. The lowest BCUT2D eigenvalue weighted by Gasteiger charge is -2.22. The lowest BCUT2D eigenvalue weighted by Crippen LogP contribution is -2.47. The molecule has 4 amide bonds. The van der Waals surface area contributed by atoms with Gasteiger partial charge >= 0.3 is 12.1 Å². The Hall–Kier alpha value is -1.59. The van der Waals surface area contributed by atoms with Crippen LogP contribution < -0.4 is 5.32 Å². The molecule has 1 rings (SSSR count). The molecule has 0 saturated carbocycles. The highest BCUT2D eigenvalue weighted by atomic mass is 16.4. The van der Waals surface area contributed by atoms with Crippen LogP contribution in [0.1, 0.15) is 13.8 Å². The number of hydrogen-bond acceptors (Lipinski definition) is 3. The summed E-state index contributed by atoms with van der Waals surface area (Å²) in [4.78, 5) is 32.8. The Labute approximate surface area is 68.1 Å². The molecule has 1 aliphatic heterocycles. The van der Waals surface area contributed by atoms with Crippen LogP contribution in [0.2, 0.25) is 0 Å². The average Bonchev–Trinajstić information content (AvgIpc) is 2.02. The highest BCUT2D eigenvalue weighted by molar-refractivity contribution is 6.12. The van der Waals surface area contributed by atoms with Crippen LogP contribution in [0.15, 0.2) is 0 Å². The van der Waals surface area contributed by atoms with Crippen LogP contribution >= 0.6 is 0 Å². The highest BCUT2D eigenvalue weighted by Crippen LogP contribution is 2.20. The molecule has 0 aromatic rings. The van der Waals surface area contributed by atoms with Crippen LogP contribution in [0, 0.1) is 0 Å². The molecule has 66 valence electrons. The minimum absolute atomic E-state index is 0.468. The monoisotopic (exact) mass is 172 g/mol. The van der Waals surface area contributed by atoms with Crippen LogP contribution in [-0.4, -0.2) is 33.6 Å². The predicted octanol–water partition coefficient (Wildman–Crippen LogP) is -0.00520. The van der Waals surface area contributed by atoms with Crippen LogP contribution in [0.4, 0.5) is 9.59 Å². The third-order valence-electron chi connectivity index (χ3n) is 1.73. The predicted molar refractivity (Wildman–Crippen MR) is 37.5 cm³/mol. The lowest BCUT2D eigenvalue weighted by molar-refractivity contribution is -0.124. The summed E-state index contributed by atoms with van der Waals surface area (Å²) in [6, 6.07) is -0.891. The molecule has 12 heavy (non-hydrogen) atoms. The Morgan fingerprint density at radius 1 is 1.50 bits per heavy atom. The molecule has 6 heteroatoms. The molecule has 0 bridgehead atoms. The maximum absolute atomic E-state index is 11.0. The summed E-state index contributed by atoms with van der Waals surface area (Å²) in [6.45, 7) is 2.72. The maximum Gasteiger partial charge on any atom is 0.416 e. The van der Waals surface area contributed by atoms with E-state index in [4.69, 9.17) is 5.11 Å². The first-order valence-electron chi connectivity index (χ1n) is 3.26. The van der Waals surface area contributed by atoms with Crippen molar-refractivity contribution in [2.45, 2.75) is 19.4 Å². The number of imide groups is 2. The van der Waals surface area contributed by atoms with Gasteiger partial charge in [-0.05, 0) is 13.8 Å². The first-order valence-corrected chi connectivity index (χ1v) is 3.26. The quantitative estimate of drug-likeness (QED) is 0.503. The van der Waals surface area contributed by atoms with Gasteiger partial charge < -0.3 is 5.11 Å². The smallest absolute Gasteiger partial charge is 0.416 e. The maximum atomic E-state index is 11.0. The minimum atomic E-state index is -1.43. The highest BCUT2D eigenvalue weighted by Gasteiger charge is 2.49. The molecule has 0 aliphatic carbocycles. The van der Waals surface area contributed by atoms with Crippen LogP contribution in [-0.2, 0) is 4.79 Å². The van der Waals surface area contributed by atoms with Gasteiger partial charge in [-0.1, -0.05) is 0 Å². The van der Waals surface area contributed by atoms with Gasteiger partial charge in [0, 0.05) is 0 Å². The van der Waals surface area contributed by atoms with E-state index in [0.29, 0.717) is 4.90 Å². The Morgan fingerprint density at radius 3 is 2.17 bits per heavy atom. The molecule has 2 N–H and O–H groups in total. The average molecular weight is 172 g/mol. The first kappa shape index (κ1) is 8.51. The number of urea groups is 1. The topological polar surface area (TPSA) is 86.7 Å². The van der Waals surface area contributed by atoms with E-state index in [-0.39, 0.29) is 0 Å². The van der Waals surface area contributed by atoms with Gasteiger partial charge in [0.25, 0.3) is 5.91 Å². The third-order valence-corrected chi connectivity index (χ3v) is 1.73. The van der Waals surface area contributed by atoms with Crippen molar-refractivity contribution in [1.82, 2.24) is 10.2 Å². The zero-order chi connectivity index (χ0) is 9.52. The molecule has 6 nitrogen and oxygen atoms in total. The third kappa shape index (κ3) is 0.919. The van der Waals surface area contributed by atoms with Gasteiger partial charge in [-0.2, -0.15) is 0 Å². The minimum Gasteiger partial charge on any atom is -0.465 e. The van der Waals surface area contributed by atoms with E-state index in [1.54, 1.807) is 0 Å². The molecule has 0 spiro atoms. The second-order valence-electron chi connectivity index (χ2n) is 2.94. The van der Waals surface area contributed by atoms with Crippen molar-refractivity contribution in [3.05, 3.63) is 0 Å². The summed E-state index contributed by atoms with van der Waals surface area (Å²) in [5, 5.41) is 10.5. The van der Waals surface area contributed by atoms with Gasteiger partial charge in [0.1, 0.15) is 5.54 Å². The Bertz CT molecular complexity index is 271. The fourth-order valence-corrected chi connectivity index (χ4v) is 0.987. The number of nitrogens with zero attached hydrogens (tertiary/aromatic N) is 1. The van der Waals surface area contributed by atoms with E-state index < -0.39 is 23.6 Å². The van der Waals surface area contributed by atoms with Gasteiger partial charge in [0.15, 0.2) is 0 Å². The number of rotatable bonds is 0. The molecule has 0 atom stereocenters. The zero-order valence-corrected chi connectivity index (χ0v) is 6.62. The number of carbonyl (C=O) groups excluding carboxylic acids is 2. The summed E-state index contributed by atoms with van der Waals surface area (Å²) in [5.74, 6) is -0.602.